The van der Waals surface area contributed by atoms with E-state index in [1.54, 1.807) is 0 Å². The van der Waals surface area contributed by atoms with Crippen LogP contribution in [0.2, 0.25) is 0 Å². The molecule has 0 aromatic heterocycles. The van der Waals surface area contributed by atoms with Gasteiger partial charge in [-0.3, -0.25) is 4.99 Å². The molecule has 0 aliphatic carbocycles. The third-order valence-corrected chi connectivity index (χ3v) is 6.03. The Morgan fingerprint density at radius 1 is 0.719 bits per heavy atom. The molecule has 156 valence electrons. The number of hydrogen-bond donors (Lipinski definition) is 0. The number of rotatable bonds is 4. The smallest absolute Gasteiger partial charge is 0.140 e. The van der Waals surface area contributed by atoms with E-state index in [4.69, 9.17) is 9.73 Å². The van der Waals surface area contributed by atoms with Crippen molar-refractivity contribution in [3.05, 3.63) is 137 Å². The van der Waals surface area contributed by atoms with Crippen LogP contribution in [0.1, 0.15) is 33.7 Å². The molecule has 1 aliphatic heterocycles. The molecule has 1 heterocycles. The van der Waals surface area contributed by atoms with E-state index in [-0.39, 0.29) is 5.92 Å². The van der Waals surface area contributed by atoms with Gasteiger partial charge in [-0.15, -0.1) is 0 Å². The van der Waals surface area contributed by atoms with Gasteiger partial charge in [-0.05, 0) is 48.7 Å². The number of fused-ring (bicyclic) bond motifs is 1. The molecular weight excluding hydrogens is 390 g/mol. The minimum absolute atomic E-state index is 0.0339. The summed E-state index contributed by atoms with van der Waals surface area (Å²) in [7, 11) is 0. The second kappa shape index (κ2) is 8.68. The summed E-state index contributed by atoms with van der Waals surface area (Å²) < 4.78 is 6.50. The molecule has 2 heteroatoms. The monoisotopic (exact) mass is 415 g/mol. The van der Waals surface area contributed by atoms with Gasteiger partial charge in [-0.1, -0.05) is 84.9 Å². The normalized spacial score (nSPS) is 15.5. The van der Waals surface area contributed by atoms with Crippen molar-refractivity contribution in [2.75, 3.05) is 0 Å². The highest BCUT2D eigenvalue weighted by atomic mass is 16.5. The van der Waals surface area contributed by atoms with Crippen molar-refractivity contribution in [3.8, 4) is 5.75 Å². The van der Waals surface area contributed by atoms with Gasteiger partial charge in [-0.25, -0.2) is 0 Å². The number of aryl methyl sites for hydroxylation is 2. The van der Waals surface area contributed by atoms with Gasteiger partial charge >= 0.3 is 0 Å². The van der Waals surface area contributed by atoms with Crippen LogP contribution in [0.25, 0.3) is 5.76 Å². The number of aliphatic imine (C=N–C) groups is 1. The summed E-state index contributed by atoms with van der Waals surface area (Å²) >= 11 is 0. The summed E-state index contributed by atoms with van der Waals surface area (Å²) in [5.41, 5.74) is 7.92. The Kier molecular flexibility index (Phi) is 5.43. The van der Waals surface area contributed by atoms with Crippen molar-refractivity contribution >= 4 is 17.7 Å². The number of hydrogen-bond acceptors (Lipinski definition) is 2. The lowest BCUT2D eigenvalue weighted by Gasteiger charge is -2.30. The maximum Gasteiger partial charge on any atom is 0.140 e. The number of nitrogens with zero attached hydrogens (tertiary/aromatic N) is 1. The van der Waals surface area contributed by atoms with Crippen molar-refractivity contribution in [2.45, 2.75) is 19.8 Å². The summed E-state index contributed by atoms with van der Waals surface area (Å²) in [4.78, 5) is 4.89. The zero-order chi connectivity index (χ0) is 21.9. The molecule has 0 saturated heterocycles. The molecule has 4 aromatic carbocycles. The van der Waals surface area contributed by atoms with E-state index in [2.05, 4.69) is 86.6 Å². The highest BCUT2D eigenvalue weighted by Crippen LogP contribution is 2.45. The fourth-order valence-electron chi connectivity index (χ4n) is 4.18. The van der Waals surface area contributed by atoms with Gasteiger partial charge in [0.2, 0.25) is 0 Å². The molecule has 1 atom stereocenters. The molecule has 1 aliphatic rings. The number of ether oxygens (including phenoxy) is 1. The third-order valence-electron chi connectivity index (χ3n) is 6.03. The van der Waals surface area contributed by atoms with Crippen LogP contribution in [0.15, 0.2) is 114 Å². The third kappa shape index (κ3) is 3.88. The Morgan fingerprint density at radius 3 is 2.16 bits per heavy atom. The quantitative estimate of drug-likeness (QED) is 0.314. The highest BCUT2D eigenvalue weighted by molar-refractivity contribution is 5.95. The maximum atomic E-state index is 6.50. The Labute approximate surface area is 189 Å². The Morgan fingerprint density at radius 2 is 1.41 bits per heavy atom. The van der Waals surface area contributed by atoms with Gasteiger partial charge in [0.25, 0.3) is 0 Å². The maximum absolute atomic E-state index is 6.50. The molecule has 4 aromatic rings. The Balaban J connectivity index is 1.71. The van der Waals surface area contributed by atoms with Crippen LogP contribution in [-0.4, -0.2) is 6.21 Å². The van der Waals surface area contributed by atoms with Crippen molar-refractivity contribution < 1.29 is 4.74 Å². The largest absolute Gasteiger partial charge is 0.456 e. The van der Waals surface area contributed by atoms with Crippen molar-refractivity contribution in [2.24, 2.45) is 4.99 Å². The minimum Gasteiger partial charge on any atom is -0.456 e. The molecule has 5 rings (SSSR count). The van der Waals surface area contributed by atoms with E-state index >= 15 is 0 Å². The number of para-hydroxylation sites is 1. The molecule has 1 unspecified atom stereocenters. The zero-order valence-corrected chi connectivity index (χ0v) is 18.3. The van der Waals surface area contributed by atoms with Crippen molar-refractivity contribution in [3.63, 3.8) is 0 Å². The molecule has 0 radical (unpaired) electrons. The average molecular weight is 416 g/mol. The predicted molar refractivity (Wildman–Crippen MR) is 133 cm³/mol. The SMILES string of the molecule is Cc1ccc(N=CC2=C(c3ccccc3)Oc3ccccc3C2c2ccccc2)cc1C. The average Bonchev–Trinajstić information content (AvgIpc) is 2.85. The van der Waals surface area contributed by atoms with Gasteiger partial charge < -0.3 is 4.74 Å². The molecule has 0 amide bonds. The molecular formula is C30H25NO. The summed E-state index contributed by atoms with van der Waals surface area (Å²) in [6.07, 6.45) is 1.99. The molecule has 0 saturated carbocycles. The lowest BCUT2D eigenvalue weighted by atomic mass is 9.81. The summed E-state index contributed by atoms with van der Waals surface area (Å²) in [5, 5.41) is 0. The first kappa shape index (κ1) is 20.0. The van der Waals surface area contributed by atoms with Gasteiger partial charge in [0.15, 0.2) is 0 Å². The molecule has 0 spiro atoms. The van der Waals surface area contributed by atoms with Gasteiger partial charge in [0.05, 0.1) is 5.69 Å². The first-order chi connectivity index (χ1) is 15.7. The van der Waals surface area contributed by atoms with E-state index in [9.17, 15) is 0 Å². The Hall–Kier alpha value is -3.91. The van der Waals surface area contributed by atoms with E-state index < -0.39 is 0 Å². The first-order valence-electron chi connectivity index (χ1n) is 10.9. The second-order valence-corrected chi connectivity index (χ2v) is 8.16. The molecule has 32 heavy (non-hydrogen) atoms. The van der Waals surface area contributed by atoms with Crippen LogP contribution >= 0.6 is 0 Å². The second-order valence-electron chi connectivity index (χ2n) is 8.16. The van der Waals surface area contributed by atoms with Crippen LogP contribution in [-0.2, 0) is 0 Å². The fourth-order valence-corrected chi connectivity index (χ4v) is 4.18. The standard InChI is InChI=1S/C30H25NO/c1-21-17-18-25(19-22(21)2)31-20-27-29(23-11-5-3-6-12-23)26-15-9-10-16-28(26)32-30(27)24-13-7-4-8-14-24/h3-20,29H,1-2H3. The first-order valence-corrected chi connectivity index (χ1v) is 10.9. The fraction of sp³-hybridized carbons (Fsp3) is 0.100. The van der Waals surface area contributed by atoms with E-state index in [1.165, 1.54) is 16.7 Å². The zero-order valence-electron chi connectivity index (χ0n) is 18.3. The topological polar surface area (TPSA) is 21.6 Å². The van der Waals surface area contributed by atoms with Crippen LogP contribution in [0.4, 0.5) is 5.69 Å². The van der Waals surface area contributed by atoms with Crippen molar-refractivity contribution in [1.82, 2.24) is 0 Å². The molecule has 0 N–H and O–H groups in total. The molecule has 0 bridgehead atoms. The van der Waals surface area contributed by atoms with E-state index in [0.717, 1.165) is 33.9 Å². The lowest BCUT2D eigenvalue weighted by molar-refractivity contribution is 0.489. The lowest BCUT2D eigenvalue weighted by Crippen LogP contribution is -2.17. The predicted octanol–water partition coefficient (Wildman–Crippen LogP) is 7.64. The Bertz CT molecular complexity index is 1300. The summed E-state index contributed by atoms with van der Waals surface area (Å²) in [5.74, 6) is 1.78. The van der Waals surface area contributed by atoms with E-state index in [1.807, 2.05) is 36.5 Å². The summed E-state index contributed by atoms with van der Waals surface area (Å²) in [6.45, 7) is 4.24. The minimum atomic E-state index is 0.0339. The van der Waals surface area contributed by atoms with Gasteiger partial charge in [0.1, 0.15) is 11.5 Å². The van der Waals surface area contributed by atoms with Crippen LogP contribution in [0.3, 0.4) is 0 Å². The van der Waals surface area contributed by atoms with Crippen molar-refractivity contribution in [1.29, 1.82) is 0 Å². The molecule has 0 fully saturated rings. The molecule has 2 nitrogen and oxygen atoms in total. The number of allylic oxidation sites excluding steroid dienone is 1. The highest BCUT2D eigenvalue weighted by Gasteiger charge is 2.30. The van der Waals surface area contributed by atoms with Crippen LogP contribution in [0.5, 0.6) is 5.75 Å². The van der Waals surface area contributed by atoms with Crippen LogP contribution < -0.4 is 4.74 Å². The summed E-state index contributed by atoms with van der Waals surface area (Å²) in [6, 6.07) is 35.5. The van der Waals surface area contributed by atoms with Gasteiger partial charge in [0, 0.05) is 28.8 Å². The van der Waals surface area contributed by atoms with E-state index in [0.29, 0.717) is 0 Å². The number of benzene rings is 4. The van der Waals surface area contributed by atoms with Gasteiger partial charge in [-0.2, -0.15) is 0 Å². The van der Waals surface area contributed by atoms with Crippen LogP contribution in [0, 0.1) is 13.8 Å².